The Bertz CT molecular complexity index is 573. The molecule has 1 heterocycles. The van der Waals surface area contributed by atoms with Crippen LogP contribution in [0.15, 0.2) is 22.9 Å². The van der Waals surface area contributed by atoms with Crippen molar-refractivity contribution in [2.75, 3.05) is 0 Å². The molecule has 18 heavy (non-hydrogen) atoms. The van der Waals surface area contributed by atoms with Gasteiger partial charge in [-0.3, -0.25) is 0 Å². The number of aromatic nitrogens is 3. The van der Waals surface area contributed by atoms with E-state index >= 15 is 0 Å². The molecule has 0 saturated carbocycles. The molecule has 0 amide bonds. The number of rotatable bonds is 3. The van der Waals surface area contributed by atoms with E-state index in [0.717, 1.165) is 0 Å². The molecular weight excluding hydrogens is 324 g/mol. The summed E-state index contributed by atoms with van der Waals surface area (Å²) < 4.78 is 20.7. The molecule has 7 heteroatoms. The molecule has 1 aromatic heterocycles. The summed E-state index contributed by atoms with van der Waals surface area (Å²) in [6.07, 6.45) is 0. The fourth-order valence-electron chi connectivity index (χ4n) is 1.35. The van der Waals surface area contributed by atoms with E-state index in [0.29, 0.717) is 4.73 Å². The molecule has 96 valence electrons. The third kappa shape index (κ3) is 2.64. The van der Waals surface area contributed by atoms with Gasteiger partial charge in [0.25, 0.3) is 0 Å². The highest BCUT2D eigenvalue weighted by Gasteiger charge is 2.15. The van der Waals surface area contributed by atoms with Gasteiger partial charge in [-0.05, 0) is 41.9 Å². The topological polar surface area (TPSA) is 39.9 Å². The zero-order chi connectivity index (χ0) is 13.3. The van der Waals surface area contributed by atoms with Crippen molar-refractivity contribution < 1.29 is 9.13 Å². The lowest BCUT2D eigenvalue weighted by molar-refractivity contribution is 0.375. The Morgan fingerprint density at radius 1 is 1.44 bits per heavy atom. The Morgan fingerprint density at radius 3 is 2.83 bits per heavy atom. The number of ether oxygens (including phenoxy) is 1. The minimum atomic E-state index is -0.538. The van der Waals surface area contributed by atoms with Crippen LogP contribution in [-0.4, -0.2) is 14.8 Å². The summed E-state index contributed by atoms with van der Waals surface area (Å²) in [6.45, 7) is 3.86. The van der Waals surface area contributed by atoms with Crippen LogP contribution in [0.25, 0.3) is 0 Å². The summed E-state index contributed by atoms with van der Waals surface area (Å²) in [7, 11) is 0. The molecule has 0 spiro atoms. The zero-order valence-corrected chi connectivity index (χ0v) is 12.0. The van der Waals surface area contributed by atoms with E-state index in [4.69, 9.17) is 16.3 Å². The molecule has 0 N–H and O–H groups in total. The van der Waals surface area contributed by atoms with Gasteiger partial charge in [-0.15, -0.1) is 5.10 Å². The van der Waals surface area contributed by atoms with Gasteiger partial charge in [0.1, 0.15) is 10.8 Å². The number of hydrogen-bond donors (Lipinski definition) is 0. The van der Waals surface area contributed by atoms with Crippen molar-refractivity contribution in [3.63, 3.8) is 0 Å². The lowest BCUT2D eigenvalue weighted by Crippen LogP contribution is -2.05. The standard InChI is InChI=1S/C11H10BrClFN3O/c1-6(2)17-11(15-10(12)16-17)18-8-5-3-4-7(14)9(8)13/h3-6H,1-2H3. The van der Waals surface area contributed by atoms with Crippen LogP contribution >= 0.6 is 27.5 Å². The van der Waals surface area contributed by atoms with Crippen LogP contribution < -0.4 is 4.74 Å². The summed E-state index contributed by atoms with van der Waals surface area (Å²) in [6, 6.07) is 4.66. The third-order valence-electron chi connectivity index (χ3n) is 2.18. The van der Waals surface area contributed by atoms with E-state index < -0.39 is 5.82 Å². The molecule has 1 aromatic carbocycles. The first-order valence-electron chi connectivity index (χ1n) is 5.23. The van der Waals surface area contributed by atoms with Crippen LogP contribution in [-0.2, 0) is 0 Å². The summed E-state index contributed by atoms with van der Waals surface area (Å²) in [4.78, 5) is 4.06. The molecule has 2 aromatic rings. The average Bonchev–Trinajstić information content (AvgIpc) is 2.66. The smallest absolute Gasteiger partial charge is 0.321 e. The van der Waals surface area contributed by atoms with Crippen molar-refractivity contribution in [3.05, 3.63) is 33.8 Å². The summed E-state index contributed by atoms with van der Waals surface area (Å²) in [5.41, 5.74) is 0. The summed E-state index contributed by atoms with van der Waals surface area (Å²) >= 11 is 8.98. The SMILES string of the molecule is CC(C)n1nc(Br)nc1Oc1cccc(F)c1Cl. The van der Waals surface area contributed by atoms with E-state index in [9.17, 15) is 4.39 Å². The molecule has 0 saturated heterocycles. The molecule has 2 rings (SSSR count). The second kappa shape index (κ2) is 5.24. The van der Waals surface area contributed by atoms with Crippen LogP contribution in [0.1, 0.15) is 19.9 Å². The van der Waals surface area contributed by atoms with Crippen molar-refractivity contribution in [1.29, 1.82) is 0 Å². The highest BCUT2D eigenvalue weighted by molar-refractivity contribution is 9.10. The minimum Gasteiger partial charge on any atom is -0.423 e. The Kier molecular flexibility index (Phi) is 3.87. The number of halogens is 3. The Balaban J connectivity index is 2.37. The van der Waals surface area contributed by atoms with Crippen LogP contribution in [0.4, 0.5) is 4.39 Å². The molecule has 0 aliphatic rings. The van der Waals surface area contributed by atoms with Crippen LogP contribution in [0.2, 0.25) is 5.02 Å². The quantitative estimate of drug-likeness (QED) is 0.844. The van der Waals surface area contributed by atoms with Gasteiger partial charge in [-0.25, -0.2) is 9.07 Å². The van der Waals surface area contributed by atoms with Crippen molar-refractivity contribution in [1.82, 2.24) is 14.8 Å². The van der Waals surface area contributed by atoms with E-state index in [2.05, 4.69) is 26.0 Å². The summed E-state index contributed by atoms with van der Waals surface area (Å²) in [5, 5.41) is 4.04. The Labute approximate surface area is 117 Å². The first-order valence-corrected chi connectivity index (χ1v) is 6.40. The molecule has 0 aliphatic heterocycles. The minimum absolute atomic E-state index is 0.0612. The number of hydrogen-bond acceptors (Lipinski definition) is 3. The van der Waals surface area contributed by atoms with Crippen molar-refractivity contribution in [2.24, 2.45) is 0 Å². The molecule has 4 nitrogen and oxygen atoms in total. The van der Waals surface area contributed by atoms with Gasteiger partial charge in [-0.1, -0.05) is 17.7 Å². The van der Waals surface area contributed by atoms with Gasteiger partial charge in [0.2, 0.25) is 4.73 Å². The first kappa shape index (κ1) is 13.3. The molecule has 0 bridgehead atoms. The largest absolute Gasteiger partial charge is 0.423 e. The molecule has 0 unspecified atom stereocenters. The third-order valence-corrected chi connectivity index (χ3v) is 2.88. The van der Waals surface area contributed by atoms with Gasteiger partial charge in [0.15, 0.2) is 5.75 Å². The van der Waals surface area contributed by atoms with Crippen LogP contribution in [0, 0.1) is 5.82 Å². The highest BCUT2D eigenvalue weighted by atomic mass is 79.9. The maximum absolute atomic E-state index is 13.3. The predicted molar refractivity (Wildman–Crippen MR) is 69.6 cm³/mol. The van der Waals surface area contributed by atoms with E-state index in [1.165, 1.54) is 12.1 Å². The van der Waals surface area contributed by atoms with Gasteiger partial charge in [0.05, 0.1) is 6.04 Å². The molecule has 0 aliphatic carbocycles. The van der Waals surface area contributed by atoms with Crippen molar-refractivity contribution >= 4 is 27.5 Å². The van der Waals surface area contributed by atoms with Crippen LogP contribution in [0.5, 0.6) is 11.8 Å². The molecule has 0 fully saturated rings. The van der Waals surface area contributed by atoms with Crippen LogP contribution in [0.3, 0.4) is 0 Å². The normalized spacial score (nSPS) is 11.0. The maximum Gasteiger partial charge on any atom is 0.321 e. The van der Waals surface area contributed by atoms with Gasteiger partial charge < -0.3 is 4.74 Å². The lowest BCUT2D eigenvalue weighted by Gasteiger charge is -2.10. The lowest BCUT2D eigenvalue weighted by atomic mass is 10.3. The van der Waals surface area contributed by atoms with E-state index in [-0.39, 0.29) is 22.8 Å². The summed E-state index contributed by atoms with van der Waals surface area (Å²) in [5.74, 6) is -0.331. The molecule has 0 radical (unpaired) electrons. The number of nitrogens with zero attached hydrogens (tertiary/aromatic N) is 3. The average molecular weight is 335 g/mol. The Morgan fingerprint density at radius 2 is 2.17 bits per heavy atom. The second-order valence-electron chi connectivity index (χ2n) is 3.86. The van der Waals surface area contributed by atoms with Gasteiger partial charge >= 0.3 is 6.01 Å². The predicted octanol–water partition coefficient (Wildman–Crippen LogP) is 4.21. The zero-order valence-electron chi connectivity index (χ0n) is 9.69. The van der Waals surface area contributed by atoms with Gasteiger partial charge in [-0.2, -0.15) is 4.98 Å². The van der Waals surface area contributed by atoms with Gasteiger partial charge in [0, 0.05) is 0 Å². The van der Waals surface area contributed by atoms with Crippen molar-refractivity contribution in [3.8, 4) is 11.8 Å². The fraction of sp³-hybridized carbons (Fsp3) is 0.273. The van der Waals surface area contributed by atoms with E-state index in [1.807, 2.05) is 13.8 Å². The van der Waals surface area contributed by atoms with E-state index in [1.54, 1.807) is 10.7 Å². The second-order valence-corrected chi connectivity index (χ2v) is 4.94. The van der Waals surface area contributed by atoms with Crippen molar-refractivity contribution in [2.45, 2.75) is 19.9 Å². The molecule has 0 atom stereocenters. The Hall–Kier alpha value is -1.14. The highest BCUT2D eigenvalue weighted by Crippen LogP contribution is 2.31. The maximum atomic E-state index is 13.3. The molecular formula is C11H10BrClFN3O. The fourth-order valence-corrected chi connectivity index (χ4v) is 1.84. The number of benzene rings is 1. The monoisotopic (exact) mass is 333 g/mol. The first-order chi connectivity index (χ1) is 8.49.